The lowest BCUT2D eigenvalue weighted by atomic mass is 9.87. The summed E-state index contributed by atoms with van der Waals surface area (Å²) in [5, 5.41) is 1.88. The van der Waals surface area contributed by atoms with Crippen LogP contribution in [0, 0.1) is 12.8 Å². The molecule has 0 unspecified atom stereocenters. The molecule has 1 aromatic rings. The van der Waals surface area contributed by atoms with Crippen molar-refractivity contribution in [1.82, 2.24) is 4.31 Å². The summed E-state index contributed by atoms with van der Waals surface area (Å²) in [5.41, 5.74) is 6.50. The molecule has 0 atom stereocenters. The Balaban J connectivity index is 2.27. The predicted octanol–water partition coefficient (Wildman–Crippen LogP) is 2.71. The van der Waals surface area contributed by atoms with Crippen molar-refractivity contribution < 1.29 is 8.42 Å². The Labute approximate surface area is 126 Å². The van der Waals surface area contributed by atoms with Crippen molar-refractivity contribution in [3.63, 3.8) is 0 Å². The van der Waals surface area contributed by atoms with E-state index in [2.05, 4.69) is 6.92 Å². The van der Waals surface area contributed by atoms with Gasteiger partial charge in [0.25, 0.3) is 0 Å². The fourth-order valence-corrected chi connectivity index (χ4v) is 5.99. The van der Waals surface area contributed by atoms with Crippen LogP contribution in [0.15, 0.2) is 10.3 Å². The molecule has 0 bridgehead atoms. The van der Waals surface area contributed by atoms with Crippen LogP contribution < -0.4 is 5.73 Å². The average molecular weight is 316 g/mol. The normalized spacial score (nSPS) is 24.2. The van der Waals surface area contributed by atoms with Gasteiger partial charge >= 0.3 is 0 Å². The van der Waals surface area contributed by atoms with Crippen molar-refractivity contribution in [3.8, 4) is 0 Å². The van der Waals surface area contributed by atoms with Crippen LogP contribution in [0.5, 0.6) is 0 Å². The van der Waals surface area contributed by atoms with Gasteiger partial charge in [-0.2, -0.15) is 4.31 Å². The second kappa shape index (κ2) is 6.13. The van der Waals surface area contributed by atoms with Crippen LogP contribution in [-0.4, -0.2) is 25.8 Å². The number of nitrogens with zero attached hydrogens (tertiary/aromatic N) is 1. The molecule has 0 saturated heterocycles. The highest BCUT2D eigenvalue weighted by Crippen LogP contribution is 2.33. The molecule has 0 radical (unpaired) electrons. The van der Waals surface area contributed by atoms with Gasteiger partial charge in [-0.1, -0.05) is 6.92 Å². The third-order valence-electron chi connectivity index (χ3n) is 4.31. The van der Waals surface area contributed by atoms with Gasteiger partial charge in [-0.05, 0) is 49.5 Å². The standard InChI is InChI=1S/C14H24N2O2S2/c1-10-4-6-12(7-5-10)16(3)20(17,18)14-11(2)9-19-13(14)8-15/h9-10,12H,4-8,15H2,1-3H3. The number of rotatable bonds is 4. The van der Waals surface area contributed by atoms with E-state index in [4.69, 9.17) is 5.73 Å². The number of aryl methyl sites for hydroxylation is 1. The Morgan fingerprint density at radius 2 is 1.95 bits per heavy atom. The van der Waals surface area contributed by atoms with Crippen LogP contribution in [0.1, 0.15) is 43.0 Å². The molecule has 2 rings (SSSR count). The van der Waals surface area contributed by atoms with Crippen molar-refractivity contribution in [3.05, 3.63) is 15.8 Å². The Kier molecular flexibility index (Phi) is 4.89. The van der Waals surface area contributed by atoms with Gasteiger partial charge in [0.15, 0.2) is 0 Å². The van der Waals surface area contributed by atoms with Crippen molar-refractivity contribution in [2.45, 2.75) is 57.0 Å². The summed E-state index contributed by atoms with van der Waals surface area (Å²) < 4.78 is 27.3. The van der Waals surface area contributed by atoms with Gasteiger partial charge in [0.1, 0.15) is 4.90 Å². The molecule has 1 heterocycles. The molecular formula is C14H24N2O2S2. The Bertz CT molecular complexity index is 558. The van der Waals surface area contributed by atoms with Crippen molar-refractivity contribution >= 4 is 21.4 Å². The first-order valence-electron chi connectivity index (χ1n) is 7.13. The Morgan fingerprint density at radius 1 is 1.35 bits per heavy atom. The molecule has 114 valence electrons. The fraction of sp³-hybridized carbons (Fsp3) is 0.714. The Hall–Kier alpha value is -0.430. The molecule has 1 aromatic heterocycles. The molecule has 0 aliphatic heterocycles. The topological polar surface area (TPSA) is 63.4 Å². The highest BCUT2D eigenvalue weighted by molar-refractivity contribution is 7.89. The SMILES string of the molecule is Cc1csc(CN)c1S(=O)(=O)N(C)C1CCC(C)CC1. The van der Waals surface area contributed by atoms with Gasteiger partial charge in [-0.15, -0.1) is 11.3 Å². The first-order valence-corrected chi connectivity index (χ1v) is 9.45. The van der Waals surface area contributed by atoms with Crippen LogP contribution in [0.4, 0.5) is 0 Å². The number of nitrogens with two attached hydrogens (primary N) is 1. The molecule has 4 nitrogen and oxygen atoms in total. The fourth-order valence-electron chi connectivity index (χ4n) is 2.92. The minimum Gasteiger partial charge on any atom is -0.326 e. The van der Waals surface area contributed by atoms with E-state index in [1.54, 1.807) is 11.4 Å². The number of hydrogen-bond acceptors (Lipinski definition) is 4. The Morgan fingerprint density at radius 3 is 2.50 bits per heavy atom. The molecule has 2 N–H and O–H groups in total. The van der Waals surface area contributed by atoms with Crippen molar-refractivity contribution in [2.75, 3.05) is 7.05 Å². The maximum absolute atomic E-state index is 12.9. The largest absolute Gasteiger partial charge is 0.326 e. The van der Waals surface area contributed by atoms with Gasteiger partial charge < -0.3 is 5.73 Å². The molecular weight excluding hydrogens is 292 g/mol. The van der Waals surface area contributed by atoms with E-state index >= 15 is 0 Å². The summed E-state index contributed by atoms with van der Waals surface area (Å²) in [6, 6.07) is 0.126. The summed E-state index contributed by atoms with van der Waals surface area (Å²) in [4.78, 5) is 1.20. The van der Waals surface area contributed by atoms with E-state index < -0.39 is 10.0 Å². The molecule has 1 saturated carbocycles. The first kappa shape index (κ1) is 15.9. The van der Waals surface area contributed by atoms with Gasteiger partial charge in [-0.3, -0.25) is 0 Å². The maximum Gasteiger partial charge on any atom is 0.244 e. The second-order valence-electron chi connectivity index (χ2n) is 5.81. The van der Waals surface area contributed by atoms with Crippen molar-refractivity contribution in [2.24, 2.45) is 11.7 Å². The van der Waals surface area contributed by atoms with Crippen LogP contribution in [0.3, 0.4) is 0 Å². The zero-order chi connectivity index (χ0) is 14.9. The molecule has 6 heteroatoms. The van der Waals surface area contributed by atoms with E-state index in [1.165, 1.54) is 11.3 Å². The number of hydrogen-bond donors (Lipinski definition) is 1. The summed E-state index contributed by atoms with van der Waals surface area (Å²) in [7, 11) is -1.71. The first-order chi connectivity index (χ1) is 9.37. The van der Waals surface area contributed by atoms with Crippen molar-refractivity contribution in [1.29, 1.82) is 0 Å². The monoisotopic (exact) mass is 316 g/mol. The molecule has 1 fully saturated rings. The van der Waals surface area contributed by atoms with Gasteiger partial charge in [0.05, 0.1) is 0 Å². The maximum atomic E-state index is 12.9. The van der Waals surface area contributed by atoms with E-state index in [0.717, 1.165) is 36.1 Å². The summed E-state index contributed by atoms with van der Waals surface area (Å²) in [5.74, 6) is 0.713. The minimum atomic E-state index is -3.42. The highest BCUT2D eigenvalue weighted by Gasteiger charge is 2.33. The molecule has 0 aromatic carbocycles. The van der Waals surface area contributed by atoms with Gasteiger partial charge in [0.2, 0.25) is 10.0 Å². The van der Waals surface area contributed by atoms with E-state index in [0.29, 0.717) is 10.8 Å². The van der Waals surface area contributed by atoms with Gasteiger partial charge in [0, 0.05) is 24.5 Å². The lowest BCUT2D eigenvalue weighted by Crippen LogP contribution is -2.39. The van der Waals surface area contributed by atoms with E-state index in [9.17, 15) is 8.42 Å². The van der Waals surface area contributed by atoms with Crippen LogP contribution in [0.25, 0.3) is 0 Å². The highest BCUT2D eigenvalue weighted by atomic mass is 32.2. The molecule has 1 aliphatic rings. The van der Waals surface area contributed by atoms with Crippen LogP contribution in [0.2, 0.25) is 0 Å². The van der Waals surface area contributed by atoms with Crippen LogP contribution in [-0.2, 0) is 16.6 Å². The van der Waals surface area contributed by atoms with E-state index in [-0.39, 0.29) is 12.6 Å². The summed E-state index contributed by atoms with van der Waals surface area (Å²) >= 11 is 1.44. The zero-order valence-corrected chi connectivity index (χ0v) is 14.1. The molecule has 0 amide bonds. The summed E-state index contributed by atoms with van der Waals surface area (Å²) in [6.45, 7) is 4.36. The predicted molar refractivity (Wildman–Crippen MR) is 83.3 cm³/mol. The minimum absolute atomic E-state index is 0.126. The lowest BCUT2D eigenvalue weighted by molar-refractivity contribution is 0.246. The van der Waals surface area contributed by atoms with E-state index in [1.807, 2.05) is 12.3 Å². The quantitative estimate of drug-likeness (QED) is 0.929. The zero-order valence-electron chi connectivity index (χ0n) is 12.4. The molecule has 20 heavy (non-hydrogen) atoms. The smallest absolute Gasteiger partial charge is 0.244 e. The lowest BCUT2D eigenvalue weighted by Gasteiger charge is -2.33. The summed E-state index contributed by atoms with van der Waals surface area (Å²) in [6.07, 6.45) is 4.13. The number of thiophene rings is 1. The second-order valence-corrected chi connectivity index (χ2v) is 8.71. The third-order valence-corrected chi connectivity index (χ3v) is 7.71. The number of sulfonamides is 1. The molecule has 1 aliphatic carbocycles. The van der Waals surface area contributed by atoms with Gasteiger partial charge in [-0.25, -0.2) is 8.42 Å². The average Bonchev–Trinajstić information content (AvgIpc) is 2.80. The van der Waals surface area contributed by atoms with Crippen LogP contribution >= 0.6 is 11.3 Å². The molecule has 0 spiro atoms. The third kappa shape index (κ3) is 2.93.